The predicted molar refractivity (Wildman–Crippen MR) is 162 cm³/mol. The molecule has 0 saturated heterocycles. The van der Waals surface area contributed by atoms with E-state index in [2.05, 4.69) is 91.0 Å². The van der Waals surface area contributed by atoms with E-state index in [9.17, 15) is 0 Å². The fourth-order valence-electron chi connectivity index (χ4n) is 6.02. The summed E-state index contributed by atoms with van der Waals surface area (Å²) in [5.74, 6) is 2.98. The maximum absolute atomic E-state index is 7.14. The smallest absolute Gasteiger partial charge is 0.178 e. The summed E-state index contributed by atoms with van der Waals surface area (Å²) >= 11 is 0. The van der Waals surface area contributed by atoms with Crippen molar-refractivity contribution in [3.05, 3.63) is 126 Å². The van der Waals surface area contributed by atoms with Crippen molar-refractivity contribution in [3.63, 3.8) is 0 Å². The van der Waals surface area contributed by atoms with E-state index in [4.69, 9.17) is 18.9 Å². The lowest BCUT2D eigenvalue weighted by Gasteiger charge is -2.37. The zero-order valence-corrected chi connectivity index (χ0v) is 22.6. The Labute approximate surface area is 233 Å². The topological polar surface area (TPSA) is 36.9 Å². The molecule has 0 atom stereocenters. The highest BCUT2D eigenvalue weighted by Crippen LogP contribution is 2.51. The summed E-state index contributed by atoms with van der Waals surface area (Å²) in [6.07, 6.45) is 4.35. The van der Waals surface area contributed by atoms with E-state index >= 15 is 0 Å². The number of rotatable bonds is 5. The second-order valence-corrected chi connectivity index (χ2v) is 9.96. The predicted octanol–water partition coefficient (Wildman–Crippen LogP) is 8.52. The second-order valence-electron chi connectivity index (χ2n) is 9.96. The molecule has 0 radical (unpaired) electrons. The van der Waals surface area contributed by atoms with Gasteiger partial charge in [-0.3, -0.25) is 0 Å². The molecule has 6 aromatic carbocycles. The van der Waals surface area contributed by atoms with E-state index in [-0.39, 0.29) is 0 Å². The Kier molecular flexibility index (Phi) is 5.64. The molecule has 4 heteroatoms. The molecular weight excluding hydrogens is 496 g/mol. The van der Waals surface area contributed by atoms with Crippen LogP contribution in [0.4, 0.5) is 0 Å². The van der Waals surface area contributed by atoms with Crippen molar-refractivity contribution in [1.82, 2.24) is 0 Å². The van der Waals surface area contributed by atoms with Gasteiger partial charge in [0.2, 0.25) is 0 Å². The van der Waals surface area contributed by atoms with E-state index in [1.54, 1.807) is 21.3 Å². The van der Waals surface area contributed by atoms with E-state index in [0.29, 0.717) is 11.5 Å². The number of hydrogen-bond donors (Lipinski definition) is 0. The molecule has 0 aliphatic carbocycles. The van der Waals surface area contributed by atoms with E-state index in [0.717, 1.165) is 39.0 Å². The van der Waals surface area contributed by atoms with Crippen LogP contribution in [-0.4, -0.2) is 21.3 Å². The molecule has 1 heterocycles. The van der Waals surface area contributed by atoms with Crippen LogP contribution in [0.15, 0.2) is 109 Å². The second kappa shape index (κ2) is 9.35. The molecule has 1 aliphatic heterocycles. The monoisotopic (exact) mass is 524 g/mol. The third-order valence-electron chi connectivity index (χ3n) is 7.99. The Hall–Kier alpha value is -4.96. The molecule has 40 heavy (non-hydrogen) atoms. The molecular formula is C36H28O4. The largest absolute Gasteiger partial charge is 0.497 e. The molecule has 0 aromatic heterocycles. The molecule has 0 saturated carbocycles. The van der Waals surface area contributed by atoms with Gasteiger partial charge in [0.15, 0.2) is 17.1 Å². The lowest BCUT2D eigenvalue weighted by atomic mass is 9.82. The quantitative estimate of drug-likeness (QED) is 0.212. The van der Waals surface area contributed by atoms with Crippen LogP contribution < -0.4 is 18.9 Å². The zero-order chi connectivity index (χ0) is 27.3. The van der Waals surface area contributed by atoms with E-state index in [1.165, 1.54) is 21.5 Å². The standard InChI is InChI=1S/C36H28O4/c1-37-25-16-12-23(13-17-25)36(24-14-18-26(38-2)19-15-24)21-20-31-34-30-11-7-6-9-28(30)27-8-4-5-10-29(27)32(34)22-33(39-3)35(31)40-36/h4-22H,1-3H3. The Morgan fingerprint density at radius 3 is 1.57 bits per heavy atom. The zero-order valence-electron chi connectivity index (χ0n) is 22.6. The number of hydrogen-bond acceptors (Lipinski definition) is 4. The molecule has 1 aliphatic rings. The average molecular weight is 525 g/mol. The Morgan fingerprint density at radius 1 is 0.550 bits per heavy atom. The lowest BCUT2D eigenvalue weighted by molar-refractivity contribution is 0.154. The van der Waals surface area contributed by atoms with Gasteiger partial charge < -0.3 is 18.9 Å². The van der Waals surface area contributed by atoms with Gasteiger partial charge in [-0.25, -0.2) is 0 Å². The van der Waals surface area contributed by atoms with E-state index < -0.39 is 5.60 Å². The molecule has 0 bridgehead atoms. The SMILES string of the molecule is COc1ccc(C2(c3ccc(OC)cc3)C=Cc3c(c(OC)cc4c5ccccc5c5ccccc5c34)O2)cc1. The molecule has 0 N–H and O–H groups in total. The third-order valence-corrected chi connectivity index (χ3v) is 7.99. The average Bonchev–Trinajstić information content (AvgIpc) is 3.04. The van der Waals surface area contributed by atoms with Crippen molar-refractivity contribution in [2.45, 2.75) is 5.60 Å². The Bertz CT molecular complexity index is 1870. The minimum Gasteiger partial charge on any atom is -0.497 e. The molecule has 6 aromatic rings. The van der Waals surface area contributed by atoms with Gasteiger partial charge >= 0.3 is 0 Å². The van der Waals surface area contributed by atoms with Crippen LogP contribution >= 0.6 is 0 Å². The van der Waals surface area contributed by atoms with Gasteiger partial charge in [0, 0.05) is 22.1 Å². The van der Waals surface area contributed by atoms with Crippen LogP contribution in [0.3, 0.4) is 0 Å². The number of benzene rings is 6. The number of methoxy groups -OCH3 is 3. The summed E-state index contributed by atoms with van der Waals surface area (Å²) in [6, 6.07) is 35.3. The van der Waals surface area contributed by atoms with Crippen molar-refractivity contribution >= 4 is 38.4 Å². The van der Waals surface area contributed by atoms with Crippen LogP contribution in [0, 0.1) is 0 Å². The minimum absolute atomic E-state index is 0.693. The third kappa shape index (κ3) is 3.53. The molecule has 0 spiro atoms. The van der Waals surface area contributed by atoms with Crippen LogP contribution in [-0.2, 0) is 5.60 Å². The van der Waals surface area contributed by atoms with Crippen molar-refractivity contribution < 1.29 is 18.9 Å². The summed E-state index contributed by atoms with van der Waals surface area (Å²) in [7, 11) is 5.05. The first kappa shape index (κ1) is 24.1. The number of ether oxygens (including phenoxy) is 4. The maximum Gasteiger partial charge on any atom is 0.178 e. The van der Waals surface area contributed by atoms with Crippen molar-refractivity contribution in [2.75, 3.05) is 21.3 Å². The summed E-state index contributed by atoms with van der Waals surface area (Å²) in [5.41, 5.74) is 2.07. The van der Waals surface area contributed by atoms with Crippen molar-refractivity contribution in [1.29, 1.82) is 0 Å². The highest BCUT2D eigenvalue weighted by Gasteiger charge is 2.39. The Morgan fingerprint density at radius 2 is 1.05 bits per heavy atom. The fraction of sp³-hybridized carbons (Fsp3) is 0.111. The van der Waals surface area contributed by atoms with Gasteiger partial charge in [-0.2, -0.15) is 0 Å². The first-order valence-electron chi connectivity index (χ1n) is 13.3. The lowest BCUT2D eigenvalue weighted by Crippen LogP contribution is -2.34. The van der Waals surface area contributed by atoms with Gasteiger partial charge in [0.05, 0.1) is 21.3 Å². The maximum atomic E-state index is 7.14. The first-order chi connectivity index (χ1) is 19.7. The highest BCUT2D eigenvalue weighted by atomic mass is 16.5. The first-order valence-corrected chi connectivity index (χ1v) is 13.3. The molecule has 7 rings (SSSR count). The van der Waals surface area contributed by atoms with Gasteiger partial charge in [-0.1, -0.05) is 72.8 Å². The van der Waals surface area contributed by atoms with Crippen molar-refractivity contribution in [3.8, 4) is 23.0 Å². The molecule has 0 unspecified atom stereocenters. The molecule has 196 valence electrons. The van der Waals surface area contributed by atoms with Gasteiger partial charge in [0.25, 0.3) is 0 Å². The van der Waals surface area contributed by atoms with Gasteiger partial charge in [-0.05, 0) is 69.4 Å². The fourth-order valence-corrected chi connectivity index (χ4v) is 6.02. The van der Waals surface area contributed by atoms with Crippen LogP contribution in [0.1, 0.15) is 16.7 Å². The highest BCUT2D eigenvalue weighted by molar-refractivity contribution is 6.27. The van der Waals surface area contributed by atoms with Gasteiger partial charge in [-0.15, -0.1) is 0 Å². The van der Waals surface area contributed by atoms with Crippen LogP contribution in [0.2, 0.25) is 0 Å². The van der Waals surface area contributed by atoms with Crippen LogP contribution in [0.5, 0.6) is 23.0 Å². The van der Waals surface area contributed by atoms with Gasteiger partial charge in [0.1, 0.15) is 11.5 Å². The van der Waals surface area contributed by atoms with Crippen molar-refractivity contribution in [2.24, 2.45) is 0 Å². The molecule has 4 nitrogen and oxygen atoms in total. The summed E-state index contributed by atoms with van der Waals surface area (Å²) < 4.78 is 24.1. The Balaban J connectivity index is 1.54. The molecule has 0 fully saturated rings. The summed E-state index contributed by atoms with van der Waals surface area (Å²) in [4.78, 5) is 0. The normalized spacial score (nSPS) is 13.7. The van der Waals surface area contributed by atoms with E-state index in [1.807, 2.05) is 24.3 Å². The molecule has 0 amide bonds. The minimum atomic E-state index is -0.890. The van der Waals surface area contributed by atoms with Crippen LogP contribution in [0.25, 0.3) is 38.4 Å². The summed E-state index contributed by atoms with van der Waals surface area (Å²) in [6.45, 7) is 0. The summed E-state index contributed by atoms with van der Waals surface area (Å²) in [5, 5.41) is 7.10. The number of fused-ring (bicyclic) bond motifs is 8.